The Hall–Kier alpha value is -0.960. The topological polar surface area (TPSA) is 56.7 Å². The van der Waals surface area contributed by atoms with Crippen molar-refractivity contribution >= 4 is 53.3 Å². The molecule has 0 aromatic heterocycles. The molecule has 1 aliphatic heterocycles. The lowest BCUT2D eigenvalue weighted by Crippen LogP contribution is -2.42. The number of amides is 1. The molecule has 150 valence electrons. The maximum Gasteiger partial charge on any atom is 0.227 e. The molecule has 27 heavy (non-hydrogen) atoms. The fraction of sp³-hybridized carbons (Fsp3) is 0.600. The molecule has 1 aromatic rings. The van der Waals surface area contributed by atoms with Gasteiger partial charge >= 0.3 is 0 Å². The average molecular weight is 502 g/mol. The molecule has 2 fully saturated rings. The SMILES string of the molecule is CCNC(=NCc1ccc(N2CCCC2=O)cc1)NC1CCC(SC)C1.I. The molecule has 0 spiro atoms. The number of nitrogens with one attached hydrogen (secondary N) is 2. The fourth-order valence-corrected chi connectivity index (χ4v) is 4.47. The zero-order valence-corrected chi connectivity index (χ0v) is 19.4. The van der Waals surface area contributed by atoms with Crippen molar-refractivity contribution in [3.8, 4) is 0 Å². The normalized spacial score (nSPS) is 22.7. The van der Waals surface area contributed by atoms with Crippen LogP contribution in [0, 0.1) is 0 Å². The van der Waals surface area contributed by atoms with Gasteiger partial charge in [-0.25, -0.2) is 4.99 Å². The van der Waals surface area contributed by atoms with Crippen LogP contribution in [0.15, 0.2) is 29.3 Å². The summed E-state index contributed by atoms with van der Waals surface area (Å²) in [5.41, 5.74) is 2.16. The number of carbonyl (C=O) groups excluding carboxylic acids is 1. The number of nitrogens with zero attached hydrogens (tertiary/aromatic N) is 2. The van der Waals surface area contributed by atoms with Crippen LogP contribution in [0.3, 0.4) is 0 Å². The van der Waals surface area contributed by atoms with Crippen molar-refractivity contribution in [2.24, 2.45) is 4.99 Å². The summed E-state index contributed by atoms with van der Waals surface area (Å²) in [6, 6.07) is 8.75. The summed E-state index contributed by atoms with van der Waals surface area (Å²) in [4.78, 5) is 18.5. The summed E-state index contributed by atoms with van der Waals surface area (Å²) >= 11 is 1.97. The third kappa shape index (κ3) is 6.27. The molecular formula is C20H31IN4OS. The van der Waals surface area contributed by atoms with E-state index in [0.717, 1.165) is 42.0 Å². The largest absolute Gasteiger partial charge is 0.357 e. The maximum absolute atomic E-state index is 11.8. The second-order valence-corrected chi connectivity index (χ2v) is 8.16. The Morgan fingerprint density at radius 3 is 2.67 bits per heavy atom. The van der Waals surface area contributed by atoms with Crippen LogP contribution in [0.2, 0.25) is 0 Å². The van der Waals surface area contributed by atoms with E-state index in [2.05, 4.69) is 35.9 Å². The van der Waals surface area contributed by atoms with Gasteiger partial charge in [0.05, 0.1) is 6.54 Å². The van der Waals surface area contributed by atoms with Gasteiger partial charge in [0.15, 0.2) is 5.96 Å². The lowest BCUT2D eigenvalue weighted by Gasteiger charge is -2.17. The molecule has 0 radical (unpaired) electrons. The van der Waals surface area contributed by atoms with Crippen molar-refractivity contribution in [2.45, 2.75) is 56.9 Å². The Morgan fingerprint density at radius 1 is 1.30 bits per heavy atom. The van der Waals surface area contributed by atoms with Crippen LogP contribution in [0.1, 0.15) is 44.6 Å². The van der Waals surface area contributed by atoms with Gasteiger partial charge < -0.3 is 15.5 Å². The Balaban J connectivity index is 0.00000261. The quantitative estimate of drug-likeness (QED) is 0.353. The van der Waals surface area contributed by atoms with E-state index in [0.29, 0.717) is 19.0 Å². The molecule has 2 atom stereocenters. The van der Waals surface area contributed by atoms with Crippen LogP contribution < -0.4 is 15.5 Å². The predicted molar refractivity (Wildman–Crippen MR) is 126 cm³/mol. The van der Waals surface area contributed by atoms with E-state index in [9.17, 15) is 4.79 Å². The minimum Gasteiger partial charge on any atom is -0.357 e. The predicted octanol–water partition coefficient (Wildman–Crippen LogP) is 3.77. The summed E-state index contributed by atoms with van der Waals surface area (Å²) in [7, 11) is 0. The zero-order chi connectivity index (χ0) is 18.4. The number of guanidine groups is 1. The van der Waals surface area contributed by atoms with E-state index in [1.165, 1.54) is 19.3 Å². The van der Waals surface area contributed by atoms with Gasteiger partial charge in [-0.1, -0.05) is 12.1 Å². The van der Waals surface area contributed by atoms with E-state index in [1.54, 1.807) is 0 Å². The molecule has 1 amide bonds. The molecule has 7 heteroatoms. The number of thioether (sulfide) groups is 1. The average Bonchev–Trinajstić information content (AvgIpc) is 3.29. The minimum absolute atomic E-state index is 0. The third-order valence-corrected chi connectivity index (χ3v) is 6.24. The van der Waals surface area contributed by atoms with Crippen LogP contribution >= 0.6 is 35.7 Å². The van der Waals surface area contributed by atoms with E-state index >= 15 is 0 Å². The highest BCUT2D eigenvalue weighted by atomic mass is 127. The van der Waals surface area contributed by atoms with Crippen LogP contribution in [-0.4, -0.2) is 42.5 Å². The number of aliphatic imine (C=N–C) groups is 1. The summed E-state index contributed by atoms with van der Waals surface area (Å²) in [5.74, 6) is 1.13. The monoisotopic (exact) mass is 502 g/mol. The summed E-state index contributed by atoms with van der Waals surface area (Å²) in [6.45, 7) is 4.43. The van der Waals surface area contributed by atoms with Gasteiger partial charge in [0.25, 0.3) is 0 Å². The van der Waals surface area contributed by atoms with Crippen molar-refractivity contribution in [1.82, 2.24) is 10.6 Å². The van der Waals surface area contributed by atoms with Crippen LogP contribution in [0.5, 0.6) is 0 Å². The number of anilines is 1. The Bertz CT molecular complexity index is 637. The standard InChI is InChI=1S/C20H30N4OS.HI/c1-3-21-20(23-16-8-11-18(13-16)26-2)22-14-15-6-9-17(10-7-15)24-12-4-5-19(24)25;/h6-7,9-10,16,18H,3-5,8,11-14H2,1-2H3,(H2,21,22,23);1H. The van der Waals surface area contributed by atoms with Crippen molar-refractivity contribution in [3.05, 3.63) is 29.8 Å². The Morgan fingerprint density at radius 2 is 2.07 bits per heavy atom. The first-order valence-electron chi connectivity index (χ1n) is 9.66. The number of carbonyl (C=O) groups is 1. The molecule has 1 saturated carbocycles. The summed E-state index contributed by atoms with van der Waals surface area (Å²) in [6.07, 6.45) is 7.54. The van der Waals surface area contributed by atoms with E-state index in [4.69, 9.17) is 4.99 Å². The molecule has 3 rings (SSSR count). The molecule has 1 aromatic carbocycles. The smallest absolute Gasteiger partial charge is 0.227 e. The highest BCUT2D eigenvalue weighted by molar-refractivity contribution is 14.0. The highest BCUT2D eigenvalue weighted by Gasteiger charge is 2.24. The molecule has 1 heterocycles. The zero-order valence-electron chi connectivity index (χ0n) is 16.2. The molecule has 1 aliphatic carbocycles. The van der Waals surface area contributed by atoms with Gasteiger partial charge in [-0.05, 0) is 56.6 Å². The number of rotatable bonds is 6. The lowest BCUT2D eigenvalue weighted by molar-refractivity contribution is -0.117. The second-order valence-electron chi connectivity index (χ2n) is 7.02. The van der Waals surface area contributed by atoms with Crippen molar-refractivity contribution in [2.75, 3.05) is 24.2 Å². The molecule has 2 N–H and O–H groups in total. The van der Waals surface area contributed by atoms with Gasteiger partial charge in [-0.3, -0.25) is 4.79 Å². The minimum atomic E-state index is 0. The van der Waals surface area contributed by atoms with E-state index in [-0.39, 0.29) is 29.9 Å². The first-order chi connectivity index (χ1) is 12.7. The van der Waals surface area contributed by atoms with Crippen molar-refractivity contribution in [1.29, 1.82) is 0 Å². The number of halogens is 1. The van der Waals surface area contributed by atoms with E-state index < -0.39 is 0 Å². The highest BCUT2D eigenvalue weighted by Crippen LogP contribution is 2.28. The van der Waals surface area contributed by atoms with Crippen molar-refractivity contribution in [3.63, 3.8) is 0 Å². The van der Waals surface area contributed by atoms with Crippen LogP contribution in [0.4, 0.5) is 5.69 Å². The number of hydrogen-bond acceptors (Lipinski definition) is 3. The molecule has 0 bridgehead atoms. The number of hydrogen-bond donors (Lipinski definition) is 2. The summed E-state index contributed by atoms with van der Waals surface area (Å²) < 4.78 is 0. The first-order valence-corrected chi connectivity index (χ1v) is 11.0. The molecular weight excluding hydrogens is 471 g/mol. The van der Waals surface area contributed by atoms with Gasteiger partial charge in [0.2, 0.25) is 5.91 Å². The molecule has 5 nitrogen and oxygen atoms in total. The van der Waals surface area contributed by atoms with Crippen LogP contribution in [-0.2, 0) is 11.3 Å². The molecule has 2 unspecified atom stereocenters. The Labute approximate surface area is 184 Å². The number of benzene rings is 1. The van der Waals surface area contributed by atoms with E-state index in [1.807, 2.05) is 28.8 Å². The fourth-order valence-electron chi connectivity index (χ4n) is 3.67. The molecule has 2 aliphatic rings. The third-order valence-electron chi connectivity index (χ3n) is 5.14. The summed E-state index contributed by atoms with van der Waals surface area (Å²) in [5, 5.41) is 7.71. The van der Waals surface area contributed by atoms with Gasteiger partial charge in [0.1, 0.15) is 0 Å². The first kappa shape index (κ1) is 22.3. The van der Waals surface area contributed by atoms with Gasteiger partial charge in [-0.2, -0.15) is 11.8 Å². The van der Waals surface area contributed by atoms with Gasteiger partial charge in [-0.15, -0.1) is 24.0 Å². The van der Waals surface area contributed by atoms with Crippen LogP contribution in [0.25, 0.3) is 0 Å². The maximum atomic E-state index is 11.8. The van der Waals surface area contributed by atoms with Gasteiger partial charge in [0, 0.05) is 36.5 Å². The second kappa shape index (κ2) is 11.1. The van der Waals surface area contributed by atoms with Crippen molar-refractivity contribution < 1.29 is 4.79 Å². The molecule has 1 saturated heterocycles. The lowest BCUT2D eigenvalue weighted by atomic mass is 10.2. The Kier molecular flexibility index (Phi) is 9.21.